The maximum absolute atomic E-state index is 12.3. The number of aromatic nitrogens is 1. The Hall–Kier alpha value is -1.18. The molecule has 0 aliphatic carbocycles. The van der Waals surface area contributed by atoms with Crippen LogP contribution in [0, 0.1) is 6.92 Å². The van der Waals surface area contributed by atoms with Gasteiger partial charge in [0, 0.05) is 24.1 Å². The number of sulfonamides is 1. The number of hydrogen-bond donors (Lipinski definition) is 0. The van der Waals surface area contributed by atoms with Gasteiger partial charge >= 0.3 is 0 Å². The van der Waals surface area contributed by atoms with Gasteiger partial charge in [-0.15, -0.1) is 0 Å². The maximum Gasteiger partial charge on any atom is 0.220 e. The van der Waals surface area contributed by atoms with Crippen molar-refractivity contribution < 1.29 is 12.9 Å². The standard InChI is InChI=1S/C13H15BrN2O3S/c1-10-7-12(15-19-10)9-20(17,18)16(2)8-11-5-3-4-6-13(11)14/h3-7H,8-9H2,1-2H3. The van der Waals surface area contributed by atoms with Crippen molar-refractivity contribution in [2.75, 3.05) is 7.05 Å². The normalized spacial score (nSPS) is 12.0. The van der Waals surface area contributed by atoms with E-state index in [1.807, 2.05) is 24.3 Å². The highest BCUT2D eigenvalue weighted by Crippen LogP contribution is 2.19. The van der Waals surface area contributed by atoms with Crippen molar-refractivity contribution >= 4 is 26.0 Å². The van der Waals surface area contributed by atoms with Gasteiger partial charge in [-0.05, 0) is 18.6 Å². The lowest BCUT2D eigenvalue weighted by Gasteiger charge is -2.17. The van der Waals surface area contributed by atoms with E-state index in [4.69, 9.17) is 4.52 Å². The summed E-state index contributed by atoms with van der Waals surface area (Å²) < 4.78 is 31.6. The van der Waals surface area contributed by atoms with Crippen LogP contribution >= 0.6 is 15.9 Å². The molecule has 0 aliphatic heterocycles. The summed E-state index contributed by atoms with van der Waals surface area (Å²) >= 11 is 3.41. The first-order valence-electron chi connectivity index (χ1n) is 5.98. The summed E-state index contributed by atoms with van der Waals surface area (Å²) in [4.78, 5) is 0. The van der Waals surface area contributed by atoms with Gasteiger partial charge in [0.1, 0.15) is 17.2 Å². The van der Waals surface area contributed by atoms with E-state index in [1.165, 1.54) is 4.31 Å². The fourth-order valence-corrected chi connectivity index (χ4v) is 3.22. The van der Waals surface area contributed by atoms with Crippen LogP contribution in [0.25, 0.3) is 0 Å². The lowest BCUT2D eigenvalue weighted by atomic mass is 10.2. The number of benzene rings is 1. The van der Waals surface area contributed by atoms with Crippen LogP contribution in [0.3, 0.4) is 0 Å². The molecule has 0 saturated carbocycles. The Balaban J connectivity index is 2.11. The van der Waals surface area contributed by atoms with Gasteiger partial charge in [-0.25, -0.2) is 12.7 Å². The van der Waals surface area contributed by atoms with Crippen LogP contribution in [-0.4, -0.2) is 24.9 Å². The van der Waals surface area contributed by atoms with Gasteiger partial charge in [-0.3, -0.25) is 0 Å². The lowest BCUT2D eigenvalue weighted by molar-refractivity contribution is 0.391. The molecule has 0 spiro atoms. The summed E-state index contributed by atoms with van der Waals surface area (Å²) in [5, 5.41) is 3.72. The molecule has 0 saturated heterocycles. The van der Waals surface area contributed by atoms with E-state index in [1.54, 1.807) is 20.0 Å². The topological polar surface area (TPSA) is 63.4 Å². The van der Waals surface area contributed by atoms with Crippen LogP contribution in [0.4, 0.5) is 0 Å². The molecular weight excluding hydrogens is 344 g/mol. The third-order valence-electron chi connectivity index (χ3n) is 2.83. The van der Waals surface area contributed by atoms with Gasteiger partial charge in [-0.2, -0.15) is 0 Å². The smallest absolute Gasteiger partial charge is 0.220 e. The van der Waals surface area contributed by atoms with E-state index in [0.717, 1.165) is 10.0 Å². The van der Waals surface area contributed by atoms with Crippen molar-refractivity contribution in [2.24, 2.45) is 0 Å². The van der Waals surface area contributed by atoms with Crippen molar-refractivity contribution in [3.63, 3.8) is 0 Å². The molecule has 0 fully saturated rings. The first kappa shape index (κ1) is 15.2. The average molecular weight is 359 g/mol. The van der Waals surface area contributed by atoms with Gasteiger partial charge in [0.15, 0.2) is 0 Å². The zero-order valence-electron chi connectivity index (χ0n) is 11.2. The second kappa shape index (κ2) is 6.07. The highest BCUT2D eigenvalue weighted by atomic mass is 79.9. The van der Waals surface area contributed by atoms with Crippen LogP contribution in [0.2, 0.25) is 0 Å². The summed E-state index contributed by atoms with van der Waals surface area (Å²) in [6.45, 7) is 2.04. The van der Waals surface area contributed by atoms with Crippen LogP contribution in [-0.2, 0) is 22.3 Å². The van der Waals surface area contributed by atoms with Crippen LogP contribution in [0.5, 0.6) is 0 Å². The van der Waals surface area contributed by atoms with Crippen molar-refractivity contribution in [3.05, 3.63) is 51.8 Å². The first-order valence-corrected chi connectivity index (χ1v) is 8.38. The van der Waals surface area contributed by atoms with E-state index < -0.39 is 10.0 Å². The van der Waals surface area contributed by atoms with Gasteiger partial charge in [0.05, 0.1) is 0 Å². The van der Waals surface area contributed by atoms with Gasteiger partial charge in [0.25, 0.3) is 0 Å². The molecule has 0 N–H and O–H groups in total. The molecule has 0 atom stereocenters. The highest BCUT2D eigenvalue weighted by Gasteiger charge is 2.21. The van der Waals surface area contributed by atoms with Crippen LogP contribution in [0.1, 0.15) is 17.0 Å². The Morgan fingerprint density at radius 3 is 2.65 bits per heavy atom. The molecule has 1 aromatic heterocycles. The second-order valence-corrected chi connectivity index (χ2v) is 7.46. The maximum atomic E-state index is 12.3. The number of hydrogen-bond acceptors (Lipinski definition) is 4. The fraction of sp³-hybridized carbons (Fsp3) is 0.308. The molecule has 5 nitrogen and oxygen atoms in total. The van der Waals surface area contributed by atoms with E-state index in [0.29, 0.717) is 18.0 Å². The van der Waals surface area contributed by atoms with Crippen molar-refractivity contribution in [1.82, 2.24) is 9.46 Å². The molecule has 0 aliphatic rings. The molecule has 108 valence electrons. The van der Waals surface area contributed by atoms with Crippen LogP contribution in [0.15, 0.2) is 39.3 Å². The van der Waals surface area contributed by atoms with Gasteiger partial charge < -0.3 is 4.52 Å². The number of nitrogens with zero attached hydrogens (tertiary/aromatic N) is 2. The SMILES string of the molecule is Cc1cc(CS(=O)(=O)N(C)Cc2ccccc2Br)no1. The largest absolute Gasteiger partial charge is 0.361 e. The van der Waals surface area contributed by atoms with E-state index in [9.17, 15) is 8.42 Å². The van der Waals surface area contributed by atoms with Crippen molar-refractivity contribution in [2.45, 2.75) is 19.2 Å². The van der Waals surface area contributed by atoms with Crippen LogP contribution < -0.4 is 0 Å². The molecule has 0 bridgehead atoms. The molecule has 0 unspecified atom stereocenters. The molecular formula is C13H15BrN2O3S. The second-order valence-electron chi connectivity index (χ2n) is 4.53. The fourth-order valence-electron chi connectivity index (χ4n) is 1.75. The summed E-state index contributed by atoms with van der Waals surface area (Å²) in [6, 6.07) is 9.17. The Morgan fingerprint density at radius 2 is 2.05 bits per heavy atom. The average Bonchev–Trinajstić information content (AvgIpc) is 2.76. The Bertz CT molecular complexity index is 697. The third-order valence-corrected chi connectivity index (χ3v) is 5.35. The van der Waals surface area contributed by atoms with Gasteiger partial charge in [-0.1, -0.05) is 39.3 Å². The van der Waals surface area contributed by atoms with Crippen molar-refractivity contribution in [1.29, 1.82) is 0 Å². The zero-order valence-corrected chi connectivity index (χ0v) is 13.6. The third kappa shape index (κ3) is 3.68. The molecule has 7 heteroatoms. The zero-order chi connectivity index (χ0) is 14.8. The lowest BCUT2D eigenvalue weighted by Crippen LogP contribution is -2.28. The Kier molecular flexibility index (Phi) is 4.62. The number of rotatable bonds is 5. The van der Waals surface area contributed by atoms with E-state index in [2.05, 4.69) is 21.1 Å². The minimum absolute atomic E-state index is 0.161. The number of halogens is 1. The minimum atomic E-state index is -3.42. The predicted molar refractivity (Wildman–Crippen MR) is 79.5 cm³/mol. The molecule has 0 amide bonds. The van der Waals surface area contributed by atoms with E-state index >= 15 is 0 Å². The van der Waals surface area contributed by atoms with Crippen molar-refractivity contribution in [3.8, 4) is 0 Å². The highest BCUT2D eigenvalue weighted by molar-refractivity contribution is 9.10. The predicted octanol–water partition coefficient (Wildman–Crippen LogP) is 2.71. The molecule has 1 aromatic carbocycles. The molecule has 2 aromatic rings. The summed E-state index contributed by atoms with van der Waals surface area (Å²) in [5.74, 6) is 0.439. The summed E-state index contributed by atoms with van der Waals surface area (Å²) in [7, 11) is -1.87. The molecule has 2 rings (SSSR count). The number of aryl methyl sites for hydroxylation is 1. The monoisotopic (exact) mass is 358 g/mol. The molecule has 1 heterocycles. The summed E-state index contributed by atoms with van der Waals surface area (Å²) in [5.41, 5.74) is 1.33. The molecule has 20 heavy (non-hydrogen) atoms. The molecule has 0 radical (unpaired) electrons. The minimum Gasteiger partial charge on any atom is -0.361 e. The summed E-state index contributed by atoms with van der Waals surface area (Å²) in [6.07, 6.45) is 0. The van der Waals surface area contributed by atoms with E-state index in [-0.39, 0.29) is 5.75 Å². The Morgan fingerprint density at radius 1 is 1.35 bits per heavy atom. The quantitative estimate of drug-likeness (QED) is 0.824. The Labute approximate surface area is 126 Å². The first-order chi connectivity index (χ1) is 9.38. The van der Waals surface area contributed by atoms with Gasteiger partial charge in [0.2, 0.25) is 10.0 Å².